The number of carbonyl (C=O) groups excluding carboxylic acids is 1. The van der Waals surface area contributed by atoms with Crippen molar-refractivity contribution < 1.29 is 19.4 Å². The molecule has 0 spiro atoms. The van der Waals surface area contributed by atoms with Gasteiger partial charge < -0.3 is 10.2 Å². The van der Waals surface area contributed by atoms with Gasteiger partial charge in [-0.3, -0.25) is 4.79 Å². The van der Waals surface area contributed by atoms with E-state index in [9.17, 15) is 19.4 Å². The highest BCUT2D eigenvalue weighted by atomic mass is 19.1. The van der Waals surface area contributed by atoms with E-state index in [0.29, 0.717) is 11.3 Å². The fourth-order valence-electron chi connectivity index (χ4n) is 1.67. The molecule has 0 aliphatic heterocycles. The van der Waals surface area contributed by atoms with E-state index in [0.717, 1.165) is 0 Å². The van der Waals surface area contributed by atoms with Crippen molar-refractivity contribution >= 4 is 11.6 Å². The molecule has 0 aliphatic carbocycles. The topological polar surface area (TPSA) is 81.9 Å². The Labute approximate surface area is 120 Å². The minimum atomic E-state index is -0.506. The molecule has 0 fully saturated rings. The van der Waals surface area contributed by atoms with Gasteiger partial charge in [-0.15, -0.1) is 0 Å². The van der Waals surface area contributed by atoms with Crippen LogP contribution in [-0.2, 0) is 0 Å². The molecule has 5 nitrogen and oxygen atoms in total. The molecule has 3 N–H and O–H groups in total. The highest BCUT2D eigenvalue weighted by Gasteiger charge is 2.08. The average Bonchev–Trinajstić information content (AvgIpc) is 2.47. The van der Waals surface area contributed by atoms with Gasteiger partial charge in [0.2, 0.25) is 0 Å². The zero-order valence-corrected chi connectivity index (χ0v) is 11.2. The van der Waals surface area contributed by atoms with Crippen LogP contribution in [0.3, 0.4) is 0 Å². The summed E-state index contributed by atoms with van der Waals surface area (Å²) in [6.07, 6.45) is 0. The summed E-state index contributed by atoms with van der Waals surface area (Å²) < 4.78 is 12.8. The van der Waals surface area contributed by atoms with Gasteiger partial charge in [-0.05, 0) is 49.4 Å². The van der Waals surface area contributed by atoms with Crippen LogP contribution in [0.2, 0.25) is 0 Å². The van der Waals surface area contributed by atoms with Crippen LogP contribution in [-0.4, -0.2) is 21.8 Å². The summed E-state index contributed by atoms with van der Waals surface area (Å²) in [5, 5.41) is 22.9. The van der Waals surface area contributed by atoms with Crippen LogP contribution < -0.4 is 5.43 Å². The van der Waals surface area contributed by atoms with Gasteiger partial charge in [-0.1, -0.05) is 0 Å². The maximum Gasteiger partial charge on any atom is 0.271 e. The van der Waals surface area contributed by atoms with Gasteiger partial charge in [0, 0.05) is 11.1 Å². The second-order valence-corrected chi connectivity index (χ2v) is 4.35. The zero-order chi connectivity index (χ0) is 15.4. The smallest absolute Gasteiger partial charge is 0.271 e. The molecular formula is C15H13FN2O3. The van der Waals surface area contributed by atoms with Gasteiger partial charge in [-0.25, -0.2) is 9.82 Å². The Morgan fingerprint density at radius 3 is 2.48 bits per heavy atom. The number of rotatable bonds is 3. The second kappa shape index (κ2) is 6.04. The summed E-state index contributed by atoms with van der Waals surface area (Å²) >= 11 is 0. The molecule has 108 valence electrons. The lowest BCUT2D eigenvalue weighted by molar-refractivity contribution is 0.0954. The third kappa shape index (κ3) is 3.56. The summed E-state index contributed by atoms with van der Waals surface area (Å²) in [6.45, 7) is 1.57. The summed E-state index contributed by atoms with van der Waals surface area (Å²) in [7, 11) is 0. The predicted octanol–water partition coefficient (Wildman–Crippen LogP) is 2.39. The fraction of sp³-hybridized carbons (Fsp3) is 0.0667. The summed E-state index contributed by atoms with van der Waals surface area (Å²) in [5.41, 5.74) is 3.17. The van der Waals surface area contributed by atoms with Crippen LogP contribution in [0, 0.1) is 5.82 Å². The van der Waals surface area contributed by atoms with E-state index in [1.807, 2.05) is 0 Å². The Morgan fingerprint density at radius 1 is 1.14 bits per heavy atom. The van der Waals surface area contributed by atoms with E-state index in [1.54, 1.807) is 6.92 Å². The first-order chi connectivity index (χ1) is 9.97. The van der Waals surface area contributed by atoms with E-state index >= 15 is 0 Å². The SMILES string of the molecule is C/C(=N\NC(=O)c1ccc(F)cc1)c1cc(O)ccc1O. The number of hydrogen-bond acceptors (Lipinski definition) is 4. The minimum Gasteiger partial charge on any atom is -0.508 e. The third-order valence-corrected chi connectivity index (χ3v) is 2.80. The van der Waals surface area contributed by atoms with Crippen molar-refractivity contribution in [3.05, 3.63) is 59.4 Å². The summed E-state index contributed by atoms with van der Waals surface area (Å²) in [5.74, 6) is -1.03. The van der Waals surface area contributed by atoms with Crippen molar-refractivity contribution in [3.63, 3.8) is 0 Å². The average molecular weight is 288 g/mol. The molecule has 0 heterocycles. The van der Waals surface area contributed by atoms with Gasteiger partial charge in [-0.2, -0.15) is 5.10 Å². The van der Waals surface area contributed by atoms with Crippen LogP contribution in [0.4, 0.5) is 4.39 Å². The lowest BCUT2D eigenvalue weighted by atomic mass is 10.1. The van der Waals surface area contributed by atoms with Gasteiger partial charge in [0.1, 0.15) is 17.3 Å². The standard InChI is InChI=1S/C15H13FN2O3/c1-9(13-8-12(19)6-7-14(13)20)17-18-15(21)10-2-4-11(16)5-3-10/h2-8,19-20H,1H3,(H,18,21)/b17-9+. The molecule has 0 saturated carbocycles. The number of halogens is 1. The number of carbonyl (C=O) groups is 1. The Kier molecular flexibility index (Phi) is 4.18. The molecule has 0 bridgehead atoms. The molecular weight excluding hydrogens is 275 g/mol. The Balaban J connectivity index is 2.14. The molecule has 2 rings (SSSR count). The van der Waals surface area contributed by atoms with Crippen molar-refractivity contribution in [2.24, 2.45) is 5.10 Å². The van der Waals surface area contributed by atoms with Crippen LogP contribution in [0.5, 0.6) is 11.5 Å². The summed E-state index contributed by atoms with van der Waals surface area (Å²) in [4.78, 5) is 11.8. The van der Waals surface area contributed by atoms with Crippen molar-refractivity contribution in [1.82, 2.24) is 5.43 Å². The molecule has 21 heavy (non-hydrogen) atoms. The first kappa shape index (κ1) is 14.5. The zero-order valence-electron chi connectivity index (χ0n) is 11.2. The van der Waals surface area contributed by atoms with Crippen molar-refractivity contribution in [3.8, 4) is 11.5 Å². The largest absolute Gasteiger partial charge is 0.508 e. The molecule has 0 atom stereocenters. The number of aromatic hydroxyl groups is 2. The third-order valence-electron chi connectivity index (χ3n) is 2.80. The molecule has 6 heteroatoms. The first-order valence-corrected chi connectivity index (χ1v) is 6.10. The van der Waals surface area contributed by atoms with Crippen LogP contribution in [0.15, 0.2) is 47.6 Å². The van der Waals surface area contributed by atoms with Crippen LogP contribution in [0.25, 0.3) is 0 Å². The van der Waals surface area contributed by atoms with Gasteiger partial charge in [0.25, 0.3) is 5.91 Å². The van der Waals surface area contributed by atoms with Crippen molar-refractivity contribution in [2.45, 2.75) is 6.92 Å². The number of amides is 1. The quantitative estimate of drug-likeness (QED) is 0.461. The second-order valence-electron chi connectivity index (χ2n) is 4.35. The summed E-state index contributed by atoms with van der Waals surface area (Å²) in [6, 6.07) is 9.01. The molecule has 0 radical (unpaired) electrons. The lowest BCUT2D eigenvalue weighted by Gasteiger charge is -2.05. The van der Waals surface area contributed by atoms with E-state index in [4.69, 9.17) is 0 Å². The Morgan fingerprint density at radius 2 is 1.81 bits per heavy atom. The van der Waals surface area contributed by atoms with E-state index < -0.39 is 11.7 Å². The number of phenolic OH excluding ortho intramolecular Hbond substituents is 2. The number of hydrogen-bond donors (Lipinski definition) is 3. The molecule has 2 aromatic carbocycles. The lowest BCUT2D eigenvalue weighted by Crippen LogP contribution is -2.19. The van der Waals surface area contributed by atoms with Crippen LogP contribution >= 0.6 is 0 Å². The monoisotopic (exact) mass is 288 g/mol. The number of nitrogens with one attached hydrogen (secondary N) is 1. The number of phenols is 2. The number of hydrazone groups is 1. The van der Waals surface area contributed by atoms with Crippen LogP contribution in [0.1, 0.15) is 22.8 Å². The molecule has 2 aromatic rings. The highest BCUT2D eigenvalue weighted by molar-refractivity contribution is 6.02. The van der Waals surface area contributed by atoms with Crippen molar-refractivity contribution in [1.29, 1.82) is 0 Å². The van der Waals surface area contributed by atoms with Gasteiger partial charge in [0.15, 0.2) is 0 Å². The van der Waals surface area contributed by atoms with Gasteiger partial charge >= 0.3 is 0 Å². The normalized spacial score (nSPS) is 11.2. The highest BCUT2D eigenvalue weighted by Crippen LogP contribution is 2.22. The molecule has 0 aliphatic rings. The van der Waals surface area contributed by atoms with Gasteiger partial charge in [0.05, 0.1) is 5.71 Å². The number of benzene rings is 2. The Hall–Kier alpha value is -2.89. The molecule has 0 aromatic heterocycles. The predicted molar refractivity (Wildman–Crippen MR) is 75.8 cm³/mol. The molecule has 0 saturated heterocycles. The maximum atomic E-state index is 12.8. The molecule has 0 unspecified atom stereocenters. The fourth-order valence-corrected chi connectivity index (χ4v) is 1.67. The minimum absolute atomic E-state index is 0.0257. The Bertz CT molecular complexity index is 697. The first-order valence-electron chi connectivity index (χ1n) is 6.10. The molecule has 1 amide bonds. The van der Waals surface area contributed by atoms with E-state index in [2.05, 4.69) is 10.5 Å². The number of nitrogens with zero attached hydrogens (tertiary/aromatic N) is 1. The van der Waals surface area contributed by atoms with Crippen molar-refractivity contribution in [2.75, 3.05) is 0 Å². The van der Waals surface area contributed by atoms with E-state index in [1.165, 1.54) is 42.5 Å². The van der Waals surface area contributed by atoms with E-state index in [-0.39, 0.29) is 17.1 Å². The maximum absolute atomic E-state index is 12.8.